The summed E-state index contributed by atoms with van der Waals surface area (Å²) in [5.41, 5.74) is -0.0942. The van der Waals surface area contributed by atoms with Crippen molar-refractivity contribution in [3.8, 4) is 5.75 Å². The van der Waals surface area contributed by atoms with Crippen molar-refractivity contribution in [1.29, 1.82) is 0 Å². The molecule has 1 heterocycles. The molecular weight excluding hydrogens is 441 g/mol. The van der Waals surface area contributed by atoms with Crippen molar-refractivity contribution in [1.82, 2.24) is 10.6 Å². The third kappa shape index (κ3) is 7.03. The summed E-state index contributed by atoms with van der Waals surface area (Å²) in [7, 11) is 1.76. The van der Waals surface area contributed by atoms with Crippen molar-refractivity contribution in [3.63, 3.8) is 0 Å². The first-order valence-corrected chi connectivity index (χ1v) is 8.39. The zero-order valence-corrected chi connectivity index (χ0v) is 17.6. The molecule has 1 aliphatic heterocycles. The lowest BCUT2D eigenvalue weighted by atomic mass is 10.0. The van der Waals surface area contributed by atoms with Gasteiger partial charge in [-0.15, -0.1) is 24.0 Å². The lowest BCUT2D eigenvalue weighted by Gasteiger charge is -2.25. The minimum atomic E-state index is -0.0942. The fraction of sp³-hybridized carbons (Fsp3) is 0.588. The molecule has 0 aliphatic carbocycles. The molecule has 2 unspecified atom stereocenters. The quantitative estimate of drug-likeness (QED) is 0.382. The summed E-state index contributed by atoms with van der Waals surface area (Å²) < 4.78 is 11.6. The Hall–Kier alpha value is -0.730. The van der Waals surface area contributed by atoms with Crippen molar-refractivity contribution in [2.45, 2.75) is 38.4 Å². The number of guanidine groups is 1. The number of rotatable bonds is 6. The van der Waals surface area contributed by atoms with Gasteiger partial charge in [-0.1, -0.05) is 11.6 Å². The van der Waals surface area contributed by atoms with Crippen LogP contribution in [0.25, 0.3) is 0 Å². The largest absolute Gasteiger partial charge is 0.489 e. The highest BCUT2D eigenvalue weighted by Crippen LogP contribution is 2.23. The minimum Gasteiger partial charge on any atom is -0.489 e. The molecule has 0 radical (unpaired) electrons. The van der Waals surface area contributed by atoms with Gasteiger partial charge >= 0.3 is 0 Å². The highest BCUT2D eigenvalue weighted by Gasteiger charge is 2.29. The van der Waals surface area contributed by atoms with Crippen molar-refractivity contribution < 1.29 is 9.47 Å². The lowest BCUT2D eigenvalue weighted by Crippen LogP contribution is -2.47. The van der Waals surface area contributed by atoms with Crippen LogP contribution in [0, 0.1) is 0 Å². The predicted molar refractivity (Wildman–Crippen MR) is 110 cm³/mol. The minimum absolute atomic E-state index is 0. The summed E-state index contributed by atoms with van der Waals surface area (Å²) in [6.45, 7) is 6.39. The molecule has 2 atom stereocenters. The third-order valence-electron chi connectivity index (χ3n) is 3.86. The monoisotopic (exact) mass is 467 g/mol. The van der Waals surface area contributed by atoms with Crippen LogP contribution in [0.3, 0.4) is 0 Å². The molecule has 0 spiro atoms. The normalized spacial score (nSPS) is 21.8. The molecule has 2 N–H and O–H groups in total. The Morgan fingerprint density at radius 2 is 2.08 bits per heavy atom. The lowest BCUT2D eigenvalue weighted by molar-refractivity contribution is 0.0242. The highest BCUT2D eigenvalue weighted by molar-refractivity contribution is 14.0. The van der Waals surface area contributed by atoms with E-state index in [-0.39, 0.29) is 35.7 Å². The van der Waals surface area contributed by atoms with Gasteiger partial charge in [-0.3, -0.25) is 4.99 Å². The Labute approximate surface area is 166 Å². The second-order valence-electron chi connectivity index (χ2n) is 6.09. The molecular formula is C17H27ClIN3O2. The van der Waals surface area contributed by atoms with Crippen LogP contribution in [-0.2, 0) is 4.74 Å². The summed E-state index contributed by atoms with van der Waals surface area (Å²) in [5.74, 6) is 1.56. The first-order valence-electron chi connectivity index (χ1n) is 8.01. The molecule has 0 saturated carbocycles. The molecule has 0 aromatic heterocycles. The number of halogens is 2. The van der Waals surface area contributed by atoms with Gasteiger partial charge < -0.3 is 20.1 Å². The first-order chi connectivity index (χ1) is 11.0. The van der Waals surface area contributed by atoms with Gasteiger partial charge in [-0.2, -0.15) is 0 Å². The van der Waals surface area contributed by atoms with E-state index in [9.17, 15) is 0 Å². The van der Waals surface area contributed by atoms with Crippen molar-refractivity contribution in [3.05, 3.63) is 29.3 Å². The van der Waals surface area contributed by atoms with E-state index in [0.717, 1.165) is 37.7 Å². The fourth-order valence-corrected chi connectivity index (χ4v) is 2.62. The van der Waals surface area contributed by atoms with Crippen molar-refractivity contribution in [2.24, 2.45) is 4.99 Å². The van der Waals surface area contributed by atoms with E-state index < -0.39 is 0 Å². The van der Waals surface area contributed by atoms with Gasteiger partial charge in [0.25, 0.3) is 0 Å². The molecule has 24 heavy (non-hydrogen) atoms. The maximum atomic E-state index is 5.87. The number of hydrogen-bond donors (Lipinski definition) is 2. The Morgan fingerprint density at radius 3 is 2.67 bits per heavy atom. The van der Waals surface area contributed by atoms with Crippen molar-refractivity contribution in [2.75, 3.05) is 26.7 Å². The maximum Gasteiger partial charge on any atom is 0.191 e. The Bertz CT molecular complexity index is 519. The van der Waals surface area contributed by atoms with Gasteiger partial charge in [-0.05, 0) is 51.0 Å². The molecule has 7 heteroatoms. The van der Waals surface area contributed by atoms with E-state index in [4.69, 9.17) is 21.1 Å². The van der Waals surface area contributed by atoms with E-state index >= 15 is 0 Å². The number of aliphatic imine (C=N–C) groups is 1. The molecule has 0 bridgehead atoms. The average molecular weight is 468 g/mol. The Kier molecular flexibility index (Phi) is 9.15. The van der Waals surface area contributed by atoms with Crippen LogP contribution in [0.2, 0.25) is 5.02 Å². The van der Waals surface area contributed by atoms with E-state index in [0.29, 0.717) is 11.6 Å². The second-order valence-corrected chi connectivity index (χ2v) is 6.53. The highest BCUT2D eigenvalue weighted by atomic mass is 127. The topological polar surface area (TPSA) is 54.9 Å². The number of nitrogens with zero attached hydrogens (tertiary/aromatic N) is 1. The van der Waals surface area contributed by atoms with Gasteiger partial charge in [0.15, 0.2) is 5.96 Å². The molecule has 136 valence electrons. The Balaban J connectivity index is 0.00000288. The van der Waals surface area contributed by atoms with E-state index in [1.54, 1.807) is 7.05 Å². The Morgan fingerprint density at radius 1 is 1.38 bits per heavy atom. The van der Waals surface area contributed by atoms with Gasteiger partial charge in [0.2, 0.25) is 0 Å². The fourth-order valence-electron chi connectivity index (χ4n) is 2.50. The third-order valence-corrected chi connectivity index (χ3v) is 4.11. The van der Waals surface area contributed by atoms with Gasteiger partial charge in [-0.25, -0.2) is 0 Å². The van der Waals surface area contributed by atoms with Crippen LogP contribution in [-0.4, -0.2) is 44.4 Å². The average Bonchev–Trinajstić information content (AvgIpc) is 2.97. The zero-order chi connectivity index (χ0) is 16.7. The van der Waals surface area contributed by atoms with E-state index in [1.807, 2.05) is 31.2 Å². The summed E-state index contributed by atoms with van der Waals surface area (Å²) in [6.07, 6.45) is 2.21. The van der Waals surface area contributed by atoms with Crippen LogP contribution in [0.5, 0.6) is 5.75 Å². The predicted octanol–water partition coefficient (Wildman–Crippen LogP) is 3.46. The standard InChI is InChI=1S/C17H26ClN3O2.HI/c1-13(23-15-7-5-14(18)6-8-15)11-20-16(19-3)21-12-17(2)9-4-10-22-17;/h5-8,13H,4,9-12H2,1-3H3,(H2,19,20,21);1H. The number of hydrogen-bond acceptors (Lipinski definition) is 3. The van der Waals surface area contributed by atoms with Crippen LogP contribution >= 0.6 is 35.6 Å². The van der Waals surface area contributed by atoms with E-state index in [1.165, 1.54) is 0 Å². The molecule has 1 aromatic rings. The van der Waals surface area contributed by atoms with Crippen molar-refractivity contribution >= 4 is 41.5 Å². The molecule has 2 rings (SSSR count). The summed E-state index contributed by atoms with van der Waals surface area (Å²) >= 11 is 5.87. The SMILES string of the molecule is CN=C(NCC(C)Oc1ccc(Cl)cc1)NCC1(C)CCCO1.I. The molecule has 1 aliphatic rings. The van der Waals surface area contributed by atoms with Gasteiger partial charge in [0.05, 0.1) is 12.1 Å². The summed E-state index contributed by atoms with van der Waals surface area (Å²) in [4.78, 5) is 4.24. The van der Waals surface area contributed by atoms with Gasteiger partial charge in [0.1, 0.15) is 11.9 Å². The summed E-state index contributed by atoms with van der Waals surface area (Å²) in [5, 5.41) is 7.30. The molecule has 1 aromatic carbocycles. The number of benzene rings is 1. The van der Waals surface area contributed by atoms with E-state index in [2.05, 4.69) is 22.5 Å². The zero-order valence-electron chi connectivity index (χ0n) is 14.5. The van der Waals surface area contributed by atoms with Crippen LogP contribution in [0.4, 0.5) is 0 Å². The second kappa shape index (κ2) is 10.3. The maximum absolute atomic E-state index is 5.87. The number of nitrogens with one attached hydrogen (secondary N) is 2. The van der Waals surface area contributed by atoms with Crippen LogP contribution in [0.1, 0.15) is 26.7 Å². The smallest absolute Gasteiger partial charge is 0.191 e. The molecule has 1 saturated heterocycles. The molecule has 1 fully saturated rings. The molecule has 0 amide bonds. The first kappa shape index (κ1) is 21.3. The van der Waals surface area contributed by atoms with Crippen LogP contribution in [0.15, 0.2) is 29.3 Å². The summed E-state index contributed by atoms with van der Waals surface area (Å²) in [6, 6.07) is 7.37. The van der Waals surface area contributed by atoms with Crippen LogP contribution < -0.4 is 15.4 Å². The van der Waals surface area contributed by atoms with Gasteiger partial charge in [0, 0.05) is 25.2 Å². The number of ether oxygens (including phenoxy) is 2. The molecule has 5 nitrogen and oxygen atoms in total.